The number of halogens is 3. The molecule has 0 bridgehead atoms. The second kappa shape index (κ2) is 8.23. The summed E-state index contributed by atoms with van der Waals surface area (Å²) in [5.74, 6) is 0. The summed E-state index contributed by atoms with van der Waals surface area (Å²) in [4.78, 5) is 0. The first-order valence-electron chi connectivity index (χ1n) is 5.86. The SMILES string of the molecule is CCCCOCOC(c1ccccc1)C(Cl)(Cl)Cl. The maximum Gasteiger partial charge on any atom is 0.220 e. The molecule has 2 nitrogen and oxygen atoms in total. The van der Waals surface area contributed by atoms with Crippen LogP contribution < -0.4 is 0 Å². The summed E-state index contributed by atoms with van der Waals surface area (Å²) in [5.41, 5.74) is 0.816. The van der Waals surface area contributed by atoms with Crippen molar-refractivity contribution in [3.63, 3.8) is 0 Å². The lowest BCUT2D eigenvalue weighted by molar-refractivity contribution is -0.0903. The molecule has 0 fully saturated rings. The van der Waals surface area contributed by atoms with Crippen LogP contribution >= 0.6 is 34.8 Å². The lowest BCUT2D eigenvalue weighted by Crippen LogP contribution is -2.21. The van der Waals surface area contributed by atoms with Crippen molar-refractivity contribution in [3.05, 3.63) is 35.9 Å². The summed E-state index contributed by atoms with van der Waals surface area (Å²) in [6.07, 6.45) is 1.44. The number of ether oxygens (including phenoxy) is 2. The number of hydrogen-bond acceptors (Lipinski definition) is 2. The number of rotatable bonds is 7. The molecule has 0 aliphatic rings. The van der Waals surface area contributed by atoms with Gasteiger partial charge in [0.05, 0.1) is 0 Å². The Labute approximate surface area is 123 Å². The predicted molar refractivity (Wildman–Crippen MR) is 76.3 cm³/mol. The van der Waals surface area contributed by atoms with E-state index in [-0.39, 0.29) is 6.79 Å². The van der Waals surface area contributed by atoms with E-state index in [9.17, 15) is 0 Å². The molecule has 0 aliphatic carbocycles. The molecule has 0 heterocycles. The van der Waals surface area contributed by atoms with Gasteiger partial charge < -0.3 is 9.47 Å². The van der Waals surface area contributed by atoms with Gasteiger partial charge in [0.15, 0.2) is 0 Å². The fourth-order valence-electron chi connectivity index (χ4n) is 1.43. The van der Waals surface area contributed by atoms with E-state index in [4.69, 9.17) is 44.3 Å². The third kappa shape index (κ3) is 5.77. The van der Waals surface area contributed by atoms with E-state index < -0.39 is 9.90 Å². The number of benzene rings is 1. The van der Waals surface area contributed by atoms with Crippen LogP contribution in [0.4, 0.5) is 0 Å². The second-order valence-corrected chi connectivity index (χ2v) is 6.25. The number of hydrogen-bond donors (Lipinski definition) is 0. The molecule has 102 valence electrons. The maximum atomic E-state index is 5.92. The first kappa shape index (κ1) is 16.1. The minimum atomic E-state index is -1.52. The number of alkyl halides is 3. The van der Waals surface area contributed by atoms with Crippen molar-refractivity contribution in [2.75, 3.05) is 13.4 Å². The van der Waals surface area contributed by atoms with E-state index >= 15 is 0 Å². The van der Waals surface area contributed by atoms with Crippen LogP contribution in [-0.4, -0.2) is 17.2 Å². The molecule has 0 N–H and O–H groups in total. The molecule has 1 unspecified atom stereocenters. The van der Waals surface area contributed by atoms with Crippen molar-refractivity contribution in [2.45, 2.75) is 29.7 Å². The topological polar surface area (TPSA) is 18.5 Å². The molecule has 1 rings (SSSR count). The Balaban J connectivity index is 2.53. The zero-order valence-corrected chi connectivity index (χ0v) is 12.5. The van der Waals surface area contributed by atoms with Crippen LogP contribution in [0, 0.1) is 0 Å². The molecule has 0 radical (unpaired) electrons. The molecule has 0 aliphatic heterocycles. The fraction of sp³-hybridized carbons (Fsp3) is 0.538. The zero-order valence-electron chi connectivity index (χ0n) is 10.2. The van der Waals surface area contributed by atoms with Gasteiger partial charge in [-0.15, -0.1) is 0 Å². The fourth-order valence-corrected chi connectivity index (χ4v) is 2.00. The summed E-state index contributed by atoms with van der Waals surface area (Å²) in [7, 11) is 0. The highest BCUT2D eigenvalue weighted by Gasteiger charge is 2.34. The van der Waals surface area contributed by atoms with Crippen molar-refractivity contribution in [1.29, 1.82) is 0 Å². The van der Waals surface area contributed by atoms with Crippen LogP contribution in [-0.2, 0) is 9.47 Å². The van der Waals surface area contributed by atoms with Gasteiger partial charge in [0.2, 0.25) is 3.79 Å². The second-order valence-electron chi connectivity index (χ2n) is 3.88. The van der Waals surface area contributed by atoms with E-state index in [1.54, 1.807) is 0 Å². The van der Waals surface area contributed by atoms with Crippen molar-refractivity contribution in [2.24, 2.45) is 0 Å². The highest BCUT2D eigenvalue weighted by atomic mass is 35.6. The molecule has 1 aromatic rings. The monoisotopic (exact) mass is 310 g/mol. The zero-order chi connectivity index (χ0) is 13.4. The Kier molecular flexibility index (Phi) is 7.35. The smallest absolute Gasteiger partial charge is 0.220 e. The van der Waals surface area contributed by atoms with Gasteiger partial charge in [-0.1, -0.05) is 78.5 Å². The molecule has 0 saturated carbocycles. The molecular formula is C13H17Cl3O2. The Morgan fingerprint density at radius 1 is 1.17 bits per heavy atom. The lowest BCUT2D eigenvalue weighted by Gasteiger charge is -2.25. The Bertz CT molecular complexity index is 325. The van der Waals surface area contributed by atoms with E-state index in [2.05, 4.69) is 6.92 Å². The molecular weight excluding hydrogens is 294 g/mol. The molecule has 5 heteroatoms. The minimum absolute atomic E-state index is 0.119. The van der Waals surface area contributed by atoms with Gasteiger partial charge in [-0.3, -0.25) is 0 Å². The number of unbranched alkanes of at least 4 members (excludes halogenated alkanes) is 1. The maximum absolute atomic E-state index is 5.92. The summed E-state index contributed by atoms with van der Waals surface area (Å²) in [5, 5.41) is 0. The minimum Gasteiger partial charge on any atom is -0.355 e. The van der Waals surface area contributed by atoms with Gasteiger partial charge in [-0.2, -0.15) is 0 Å². The first-order valence-corrected chi connectivity index (χ1v) is 7.00. The third-order valence-corrected chi connectivity index (χ3v) is 2.95. The molecule has 18 heavy (non-hydrogen) atoms. The van der Waals surface area contributed by atoms with Gasteiger partial charge in [0, 0.05) is 6.61 Å². The standard InChI is InChI=1S/C13H17Cl3O2/c1-2-3-9-17-10-18-12(13(14,15)16)11-7-5-4-6-8-11/h4-8,12H,2-3,9-10H2,1H3. The normalized spacial score (nSPS) is 13.6. The third-order valence-electron chi connectivity index (χ3n) is 2.36. The van der Waals surface area contributed by atoms with Gasteiger partial charge >= 0.3 is 0 Å². The van der Waals surface area contributed by atoms with E-state index in [1.807, 2.05) is 30.3 Å². The van der Waals surface area contributed by atoms with Crippen LogP contribution in [0.15, 0.2) is 30.3 Å². The molecule has 1 aromatic carbocycles. The quantitative estimate of drug-likeness (QED) is 0.405. The summed E-state index contributed by atoms with van der Waals surface area (Å²) < 4.78 is 9.33. The van der Waals surface area contributed by atoms with Crippen molar-refractivity contribution >= 4 is 34.8 Å². The van der Waals surface area contributed by atoms with E-state index in [0.717, 1.165) is 18.4 Å². The first-order chi connectivity index (χ1) is 8.55. The molecule has 0 amide bonds. The largest absolute Gasteiger partial charge is 0.355 e. The lowest BCUT2D eigenvalue weighted by atomic mass is 10.1. The van der Waals surface area contributed by atoms with Gasteiger partial charge in [0.1, 0.15) is 12.9 Å². The highest BCUT2D eigenvalue weighted by Crippen LogP contribution is 2.42. The summed E-state index contributed by atoms with van der Waals surface area (Å²) in [6.45, 7) is 2.86. The molecule has 0 aromatic heterocycles. The molecule has 0 saturated heterocycles. The van der Waals surface area contributed by atoms with E-state index in [1.165, 1.54) is 0 Å². The highest BCUT2D eigenvalue weighted by molar-refractivity contribution is 6.68. The summed E-state index contributed by atoms with van der Waals surface area (Å²) in [6, 6.07) is 9.37. The van der Waals surface area contributed by atoms with Crippen LogP contribution in [0.3, 0.4) is 0 Å². The van der Waals surface area contributed by atoms with Crippen molar-refractivity contribution in [3.8, 4) is 0 Å². The average Bonchev–Trinajstić information content (AvgIpc) is 2.33. The van der Waals surface area contributed by atoms with Gasteiger partial charge in [0.25, 0.3) is 0 Å². The average molecular weight is 312 g/mol. The Hall–Kier alpha value is 0.01000. The van der Waals surface area contributed by atoms with Crippen LogP contribution in [0.25, 0.3) is 0 Å². The predicted octanol–water partition coefficient (Wildman–Crippen LogP) is 4.89. The van der Waals surface area contributed by atoms with Crippen LogP contribution in [0.5, 0.6) is 0 Å². The molecule has 1 atom stereocenters. The van der Waals surface area contributed by atoms with Crippen LogP contribution in [0.1, 0.15) is 31.4 Å². The summed E-state index contributed by atoms with van der Waals surface area (Å²) >= 11 is 17.8. The Morgan fingerprint density at radius 2 is 1.83 bits per heavy atom. The van der Waals surface area contributed by atoms with E-state index in [0.29, 0.717) is 6.61 Å². The molecule has 0 spiro atoms. The van der Waals surface area contributed by atoms with Gasteiger partial charge in [-0.05, 0) is 12.0 Å². The van der Waals surface area contributed by atoms with Crippen LogP contribution in [0.2, 0.25) is 0 Å². The Morgan fingerprint density at radius 3 is 2.39 bits per heavy atom. The van der Waals surface area contributed by atoms with Gasteiger partial charge in [-0.25, -0.2) is 0 Å². The van der Waals surface area contributed by atoms with Crippen molar-refractivity contribution in [1.82, 2.24) is 0 Å². The van der Waals surface area contributed by atoms with Crippen molar-refractivity contribution < 1.29 is 9.47 Å².